The highest BCUT2D eigenvalue weighted by molar-refractivity contribution is 5.87. The molecule has 6 nitrogen and oxygen atoms in total. The van der Waals surface area contributed by atoms with Crippen molar-refractivity contribution in [3.63, 3.8) is 0 Å². The van der Waals surface area contributed by atoms with Crippen LogP contribution in [0.4, 0.5) is 18.0 Å². The van der Waals surface area contributed by atoms with Gasteiger partial charge in [-0.25, -0.2) is 18.0 Å². The lowest BCUT2D eigenvalue weighted by Gasteiger charge is -2.36. The topological polar surface area (TPSA) is 68.4 Å². The minimum atomic E-state index is -1.10. The number of hydrogen-bond acceptors (Lipinski definition) is 3. The summed E-state index contributed by atoms with van der Waals surface area (Å²) < 4.78 is 41.4. The van der Waals surface area contributed by atoms with Gasteiger partial charge in [0.15, 0.2) is 11.6 Å². The molecule has 1 atom stereocenters. The highest BCUT2D eigenvalue weighted by Gasteiger charge is 2.34. The number of carbonyl (C=O) groups excluding carboxylic acids is 1. The van der Waals surface area contributed by atoms with Crippen LogP contribution in [0.3, 0.4) is 0 Å². The van der Waals surface area contributed by atoms with Crippen molar-refractivity contribution in [2.75, 3.05) is 13.6 Å². The predicted molar refractivity (Wildman–Crippen MR) is 108 cm³/mol. The number of hydrogen-bond donors (Lipinski definition) is 2. The highest BCUT2D eigenvalue weighted by atomic mass is 19.2. The molecule has 2 N–H and O–H groups in total. The molecule has 5 rings (SSSR count). The smallest absolute Gasteiger partial charge is 0.320 e. The van der Waals surface area contributed by atoms with Crippen LogP contribution in [0, 0.1) is 17.5 Å². The van der Waals surface area contributed by atoms with Crippen molar-refractivity contribution in [1.29, 1.82) is 0 Å². The van der Waals surface area contributed by atoms with E-state index in [1.54, 1.807) is 18.0 Å². The molecule has 3 heterocycles. The molecule has 0 spiro atoms. The first-order valence-electron chi connectivity index (χ1n) is 9.87. The maximum Gasteiger partial charge on any atom is 0.320 e. The molecule has 1 unspecified atom stereocenters. The molecule has 2 amide bonds. The van der Waals surface area contributed by atoms with Crippen molar-refractivity contribution in [2.24, 2.45) is 0 Å². The van der Waals surface area contributed by atoms with Gasteiger partial charge in [0.1, 0.15) is 5.82 Å². The van der Waals surface area contributed by atoms with Crippen LogP contribution in [0.15, 0.2) is 35.1 Å². The fourth-order valence-corrected chi connectivity index (χ4v) is 4.53. The summed E-state index contributed by atoms with van der Waals surface area (Å²) in [6, 6.07) is 5.58. The van der Waals surface area contributed by atoms with Crippen molar-refractivity contribution in [3.05, 3.63) is 80.5 Å². The van der Waals surface area contributed by atoms with E-state index in [-0.39, 0.29) is 29.2 Å². The van der Waals surface area contributed by atoms with Gasteiger partial charge in [0.2, 0.25) is 0 Å². The Balaban J connectivity index is 1.53. The molecule has 9 heteroatoms. The summed E-state index contributed by atoms with van der Waals surface area (Å²) in [6.07, 6.45) is 0. The fourth-order valence-electron chi connectivity index (χ4n) is 4.53. The summed E-state index contributed by atoms with van der Waals surface area (Å²) in [5.41, 5.74) is 2.26. The lowest BCUT2D eigenvalue weighted by Crippen LogP contribution is -2.46. The van der Waals surface area contributed by atoms with Gasteiger partial charge >= 0.3 is 6.03 Å². The second-order valence-corrected chi connectivity index (χ2v) is 7.97. The van der Waals surface area contributed by atoms with E-state index in [9.17, 15) is 22.8 Å². The van der Waals surface area contributed by atoms with E-state index >= 15 is 0 Å². The number of urea groups is 1. The number of aromatic amines is 1. The summed E-state index contributed by atoms with van der Waals surface area (Å²) in [4.78, 5) is 31.5. The molecule has 1 aromatic heterocycles. The molecule has 2 aromatic carbocycles. The van der Waals surface area contributed by atoms with Crippen molar-refractivity contribution < 1.29 is 18.0 Å². The zero-order valence-corrected chi connectivity index (χ0v) is 16.6. The second kappa shape index (κ2) is 7.12. The van der Waals surface area contributed by atoms with Crippen LogP contribution in [0.1, 0.15) is 28.4 Å². The quantitative estimate of drug-likeness (QED) is 0.626. The molecular formula is C22H19F3N4O2. The van der Waals surface area contributed by atoms with Crippen LogP contribution in [0.25, 0.3) is 10.8 Å². The molecule has 0 saturated heterocycles. The Morgan fingerprint density at radius 2 is 1.77 bits per heavy atom. The molecule has 0 fully saturated rings. The number of rotatable bonds is 1. The molecule has 3 aromatic rings. The van der Waals surface area contributed by atoms with E-state index < -0.39 is 23.2 Å². The molecule has 31 heavy (non-hydrogen) atoms. The summed E-state index contributed by atoms with van der Waals surface area (Å²) >= 11 is 0. The number of H-pyrrole nitrogens is 1. The Kier molecular flexibility index (Phi) is 4.51. The molecule has 0 aliphatic carbocycles. The van der Waals surface area contributed by atoms with Crippen LogP contribution in [-0.4, -0.2) is 34.4 Å². The SMILES string of the molecule is CN(C(=O)N1Cc2ccc(F)cc2C1)C1CNCc2[nH]c(=O)c3cc(F)c(F)cc3c21. The van der Waals surface area contributed by atoms with E-state index in [0.29, 0.717) is 30.9 Å². The zero-order valence-electron chi connectivity index (χ0n) is 16.6. The van der Waals surface area contributed by atoms with Crippen LogP contribution >= 0.6 is 0 Å². The first-order chi connectivity index (χ1) is 14.8. The number of pyridine rings is 1. The number of fused-ring (bicyclic) bond motifs is 4. The Morgan fingerprint density at radius 3 is 2.55 bits per heavy atom. The molecule has 0 bridgehead atoms. The molecule has 160 valence electrons. The van der Waals surface area contributed by atoms with E-state index in [0.717, 1.165) is 23.3 Å². The lowest BCUT2D eigenvalue weighted by molar-refractivity contribution is 0.143. The van der Waals surface area contributed by atoms with Gasteiger partial charge in [-0.05, 0) is 40.8 Å². The van der Waals surface area contributed by atoms with Crippen LogP contribution in [0.2, 0.25) is 0 Å². The number of carbonyl (C=O) groups is 1. The number of aromatic nitrogens is 1. The summed E-state index contributed by atoms with van der Waals surface area (Å²) in [7, 11) is 1.63. The van der Waals surface area contributed by atoms with Gasteiger partial charge in [-0.3, -0.25) is 4.79 Å². The number of likely N-dealkylation sites (N-methyl/N-ethyl adjacent to an activating group) is 1. The predicted octanol–water partition coefficient (Wildman–Crippen LogP) is 3.16. The Hall–Kier alpha value is -3.33. The van der Waals surface area contributed by atoms with Gasteiger partial charge < -0.3 is 20.1 Å². The standard InChI is InChI=1S/C22H19F3N4O2/c1-28(22(31)29-9-11-2-3-13(23)4-12(11)10-29)19-8-26-7-18-20(19)14-5-16(24)17(25)6-15(14)21(30)27-18/h2-6,19,26H,7-10H2,1H3,(H,27,30). The fraction of sp³-hybridized carbons (Fsp3) is 0.273. The van der Waals surface area contributed by atoms with Crippen LogP contribution in [0.5, 0.6) is 0 Å². The second-order valence-electron chi connectivity index (χ2n) is 7.97. The summed E-state index contributed by atoms with van der Waals surface area (Å²) in [5, 5.41) is 3.48. The summed E-state index contributed by atoms with van der Waals surface area (Å²) in [6.45, 7) is 1.37. The molecule has 2 aliphatic rings. The third-order valence-electron chi connectivity index (χ3n) is 6.09. The normalized spacial score (nSPS) is 17.5. The van der Waals surface area contributed by atoms with E-state index in [1.807, 2.05) is 0 Å². The van der Waals surface area contributed by atoms with Crippen LogP contribution in [-0.2, 0) is 19.6 Å². The average molecular weight is 428 g/mol. The van der Waals surface area contributed by atoms with Gasteiger partial charge in [-0.1, -0.05) is 6.07 Å². The maximum absolute atomic E-state index is 14.0. The van der Waals surface area contributed by atoms with Gasteiger partial charge in [-0.15, -0.1) is 0 Å². The number of halogens is 3. The molecular weight excluding hydrogens is 409 g/mol. The first kappa shape index (κ1) is 19.6. The number of nitrogens with zero attached hydrogens (tertiary/aromatic N) is 2. The van der Waals surface area contributed by atoms with E-state index in [1.165, 1.54) is 17.0 Å². The molecule has 2 aliphatic heterocycles. The monoisotopic (exact) mass is 428 g/mol. The van der Waals surface area contributed by atoms with Crippen molar-refractivity contribution in [2.45, 2.75) is 25.7 Å². The Morgan fingerprint density at radius 1 is 1.06 bits per heavy atom. The van der Waals surface area contributed by atoms with E-state index in [2.05, 4.69) is 10.3 Å². The minimum absolute atomic E-state index is 0.0365. The third-order valence-corrected chi connectivity index (χ3v) is 6.09. The first-order valence-corrected chi connectivity index (χ1v) is 9.87. The van der Waals surface area contributed by atoms with Crippen molar-refractivity contribution in [3.8, 4) is 0 Å². The van der Waals surface area contributed by atoms with Gasteiger partial charge in [0.05, 0.1) is 11.4 Å². The highest BCUT2D eigenvalue weighted by Crippen LogP contribution is 2.33. The Bertz CT molecular complexity index is 1290. The maximum atomic E-state index is 14.0. The third kappa shape index (κ3) is 3.16. The van der Waals surface area contributed by atoms with E-state index in [4.69, 9.17) is 0 Å². The van der Waals surface area contributed by atoms with Crippen molar-refractivity contribution in [1.82, 2.24) is 20.1 Å². The Labute approximate surface area is 175 Å². The average Bonchev–Trinajstić information content (AvgIpc) is 3.17. The van der Waals surface area contributed by atoms with Gasteiger partial charge in [0.25, 0.3) is 5.56 Å². The zero-order chi connectivity index (χ0) is 21.9. The minimum Gasteiger partial charge on any atom is -0.324 e. The number of nitrogens with one attached hydrogen (secondary N) is 2. The molecule has 0 saturated carbocycles. The number of benzene rings is 2. The van der Waals surface area contributed by atoms with Crippen LogP contribution < -0.4 is 10.9 Å². The van der Waals surface area contributed by atoms with Gasteiger partial charge in [0, 0.05) is 44.5 Å². The van der Waals surface area contributed by atoms with Gasteiger partial charge in [-0.2, -0.15) is 0 Å². The summed E-state index contributed by atoms with van der Waals surface area (Å²) in [5.74, 6) is -2.50. The molecule has 0 radical (unpaired) electrons. The lowest BCUT2D eigenvalue weighted by atomic mass is 9.94. The van der Waals surface area contributed by atoms with Crippen molar-refractivity contribution >= 4 is 16.8 Å². The number of amides is 2. The largest absolute Gasteiger partial charge is 0.324 e.